The SMILES string of the molecule is C[C@@H](NCc1cc(C#N)cs1)C1CCCC1. The van der Waals surface area contributed by atoms with Crippen molar-refractivity contribution in [3.05, 3.63) is 21.9 Å². The van der Waals surface area contributed by atoms with E-state index in [9.17, 15) is 0 Å². The molecule has 3 heteroatoms. The van der Waals surface area contributed by atoms with E-state index in [2.05, 4.69) is 18.3 Å². The normalized spacial score (nSPS) is 18.5. The first-order chi connectivity index (χ1) is 7.79. The summed E-state index contributed by atoms with van der Waals surface area (Å²) < 4.78 is 0. The molecule has 0 radical (unpaired) electrons. The van der Waals surface area contributed by atoms with Gasteiger partial charge in [-0.05, 0) is 31.7 Å². The van der Waals surface area contributed by atoms with Gasteiger partial charge in [0.2, 0.25) is 0 Å². The Morgan fingerprint density at radius 2 is 2.31 bits per heavy atom. The molecule has 1 aliphatic carbocycles. The van der Waals surface area contributed by atoms with Gasteiger partial charge in [0.25, 0.3) is 0 Å². The maximum Gasteiger partial charge on any atom is 0.100 e. The highest BCUT2D eigenvalue weighted by atomic mass is 32.1. The van der Waals surface area contributed by atoms with Crippen molar-refractivity contribution in [1.82, 2.24) is 5.32 Å². The van der Waals surface area contributed by atoms with Gasteiger partial charge in [-0.3, -0.25) is 0 Å². The summed E-state index contributed by atoms with van der Waals surface area (Å²) in [6.45, 7) is 3.19. The van der Waals surface area contributed by atoms with Crippen LogP contribution in [0.5, 0.6) is 0 Å². The van der Waals surface area contributed by atoms with E-state index in [1.165, 1.54) is 30.6 Å². The van der Waals surface area contributed by atoms with Crippen molar-refractivity contribution < 1.29 is 0 Å². The van der Waals surface area contributed by atoms with Crippen LogP contribution in [0.4, 0.5) is 0 Å². The zero-order valence-electron chi connectivity index (χ0n) is 9.70. The molecule has 1 atom stereocenters. The summed E-state index contributed by atoms with van der Waals surface area (Å²) in [4.78, 5) is 1.27. The molecule has 0 amide bonds. The Bertz CT molecular complexity index is 372. The van der Waals surface area contributed by atoms with Crippen molar-refractivity contribution in [3.63, 3.8) is 0 Å². The molecule has 0 spiro atoms. The first-order valence-electron chi connectivity index (χ1n) is 6.00. The Hall–Kier alpha value is -0.850. The van der Waals surface area contributed by atoms with E-state index >= 15 is 0 Å². The second-order valence-electron chi connectivity index (χ2n) is 4.63. The summed E-state index contributed by atoms with van der Waals surface area (Å²) >= 11 is 1.67. The van der Waals surface area contributed by atoms with Crippen LogP contribution < -0.4 is 5.32 Å². The van der Waals surface area contributed by atoms with Crippen LogP contribution in [0.2, 0.25) is 0 Å². The molecular weight excluding hydrogens is 216 g/mol. The molecule has 1 saturated carbocycles. The van der Waals surface area contributed by atoms with Crippen LogP contribution >= 0.6 is 11.3 Å². The molecule has 0 bridgehead atoms. The van der Waals surface area contributed by atoms with Crippen LogP contribution in [0.25, 0.3) is 0 Å². The molecule has 86 valence electrons. The van der Waals surface area contributed by atoms with Gasteiger partial charge in [-0.2, -0.15) is 5.26 Å². The highest BCUT2D eigenvalue weighted by Gasteiger charge is 2.20. The van der Waals surface area contributed by atoms with Crippen molar-refractivity contribution in [2.45, 2.75) is 45.2 Å². The lowest BCUT2D eigenvalue weighted by Crippen LogP contribution is -2.31. The third-order valence-electron chi connectivity index (χ3n) is 3.49. The van der Waals surface area contributed by atoms with E-state index < -0.39 is 0 Å². The van der Waals surface area contributed by atoms with E-state index in [4.69, 9.17) is 5.26 Å². The number of nitrogens with one attached hydrogen (secondary N) is 1. The van der Waals surface area contributed by atoms with E-state index in [-0.39, 0.29) is 0 Å². The van der Waals surface area contributed by atoms with Crippen LogP contribution in [0.3, 0.4) is 0 Å². The molecule has 1 N–H and O–H groups in total. The summed E-state index contributed by atoms with van der Waals surface area (Å²) in [6, 6.07) is 4.76. The molecule has 16 heavy (non-hydrogen) atoms. The largest absolute Gasteiger partial charge is 0.309 e. The molecule has 1 aromatic rings. The van der Waals surface area contributed by atoms with Gasteiger partial charge in [0, 0.05) is 22.8 Å². The quantitative estimate of drug-likeness (QED) is 0.867. The molecule has 1 fully saturated rings. The Labute approximate surface area is 101 Å². The van der Waals surface area contributed by atoms with Crippen LogP contribution in [-0.2, 0) is 6.54 Å². The zero-order chi connectivity index (χ0) is 11.4. The molecule has 2 rings (SSSR count). The summed E-state index contributed by atoms with van der Waals surface area (Å²) in [5, 5.41) is 14.2. The fourth-order valence-electron chi connectivity index (χ4n) is 2.42. The molecule has 1 heterocycles. The third kappa shape index (κ3) is 2.84. The number of thiophene rings is 1. The van der Waals surface area contributed by atoms with Gasteiger partial charge in [-0.1, -0.05) is 12.8 Å². The minimum Gasteiger partial charge on any atom is -0.309 e. The summed E-state index contributed by atoms with van der Waals surface area (Å²) in [5.74, 6) is 0.857. The van der Waals surface area contributed by atoms with Gasteiger partial charge in [-0.25, -0.2) is 0 Å². The monoisotopic (exact) mass is 234 g/mol. The first kappa shape index (κ1) is 11.6. The Morgan fingerprint density at radius 1 is 1.56 bits per heavy atom. The van der Waals surface area contributed by atoms with Crippen molar-refractivity contribution in [2.75, 3.05) is 0 Å². The Kier molecular flexibility index (Phi) is 3.98. The van der Waals surface area contributed by atoms with Gasteiger partial charge in [-0.15, -0.1) is 11.3 Å². The van der Waals surface area contributed by atoms with E-state index in [0.717, 1.165) is 18.0 Å². The van der Waals surface area contributed by atoms with Crippen LogP contribution in [-0.4, -0.2) is 6.04 Å². The fraction of sp³-hybridized carbons (Fsp3) is 0.615. The number of nitriles is 1. The maximum absolute atomic E-state index is 8.74. The standard InChI is InChI=1S/C13H18N2S/c1-10(12-4-2-3-5-12)15-8-13-6-11(7-14)9-16-13/h6,9-10,12,15H,2-5,8H2,1H3/t10-/m1/s1. The minimum absolute atomic E-state index is 0.607. The second-order valence-corrected chi connectivity index (χ2v) is 5.62. The average molecular weight is 234 g/mol. The van der Waals surface area contributed by atoms with E-state index in [1.54, 1.807) is 11.3 Å². The Morgan fingerprint density at radius 3 is 2.94 bits per heavy atom. The van der Waals surface area contributed by atoms with Crippen LogP contribution in [0.15, 0.2) is 11.4 Å². The number of hydrogen-bond acceptors (Lipinski definition) is 3. The average Bonchev–Trinajstić information content (AvgIpc) is 2.96. The second kappa shape index (κ2) is 5.47. The Balaban J connectivity index is 1.80. The van der Waals surface area contributed by atoms with Crippen molar-refractivity contribution in [3.8, 4) is 6.07 Å². The smallest absolute Gasteiger partial charge is 0.100 e. The van der Waals surface area contributed by atoms with Crippen molar-refractivity contribution in [1.29, 1.82) is 5.26 Å². The lowest BCUT2D eigenvalue weighted by Gasteiger charge is -2.19. The number of nitrogens with zero attached hydrogens (tertiary/aromatic N) is 1. The molecule has 0 unspecified atom stereocenters. The molecule has 2 nitrogen and oxygen atoms in total. The highest BCUT2D eigenvalue weighted by Crippen LogP contribution is 2.27. The lowest BCUT2D eigenvalue weighted by atomic mass is 10.00. The summed E-state index contributed by atoms with van der Waals surface area (Å²) in [5.41, 5.74) is 0.787. The van der Waals surface area contributed by atoms with Gasteiger partial charge in [0.05, 0.1) is 5.56 Å². The van der Waals surface area contributed by atoms with Crippen LogP contribution in [0, 0.1) is 17.2 Å². The minimum atomic E-state index is 0.607. The topological polar surface area (TPSA) is 35.8 Å². The summed E-state index contributed by atoms with van der Waals surface area (Å²) in [7, 11) is 0. The number of hydrogen-bond donors (Lipinski definition) is 1. The molecule has 0 aliphatic heterocycles. The lowest BCUT2D eigenvalue weighted by molar-refractivity contribution is 0.381. The molecule has 1 aromatic heterocycles. The third-order valence-corrected chi connectivity index (χ3v) is 4.42. The van der Waals surface area contributed by atoms with Crippen molar-refractivity contribution >= 4 is 11.3 Å². The highest BCUT2D eigenvalue weighted by molar-refractivity contribution is 7.10. The number of rotatable bonds is 4. The molecule has 0 aromatic carbocycles. The van der Waals surface area contributed by atoms with Crippen LogP contribution in [0.1, 0.15) is 43.0 Å². The first-order valence-corrected chi connectivity index (χ1v) is 6.88. The summed E-state index contributed by atoms with van der Waals surface area (Å²) in [6.07, 6.45) is 5.55. The van der Waals surface area contributed by atoms with Gasteiger partial charge < -0.3 is 5.32 Å². The molecular formula is C13H18N2S. The fourth-order valence-corrected chi connectivity index (χ4v) is 3.18. The van der Waals surface area contributed by atoms with Gasteiger partial charge >= 0.3 is 0 Å². The maximum atomic E-state index is 8.74. The van der Waals surface area contributed by atoms with Gasteiger partial charge in [0.1, 0.15) is 6.07 Å². The predicted octanol–water partition coefficient (Wildman–Crippen LogP) is 3.29. The predicted molar refractivity (Wildman–Crippen MR) is 67.3 cm³/mol. The molecule has 1 aliphatic rings. The van der Waals surface area contributed by atoms with Gasteiger partial charge in [0.15, 0.2) is 0 Å². The van der Waals surface area contributed by atoms with Crippen molar-refractivity contribution in [2.24, 2.45) is 5.92 Å². The van der Waals surface area contributed by atoms with E-state index in [0.29, 0.717) is 6.04 Å². The molecule has 0 saturated heterocycles. The van der Waals surface area contributed by atoms with E-state index in [1.807, 2.05) is 11.4 Å². The zero-order valence-corrected chi connectivity index (χ0v) is 10.5.